The molecule has 0 saturated heterocycles. The Hall–Kier alpha value is -10.6. The molecule has 27 nitrogen and oxygen atoms in total. The van der Waals surface area contributed by atoms with Gasteiger partial charge in [0.1, 0.15) is 74.1 Å². The van der Waals surface area contributed by atoms with E-state index in [1.54, 1.807) is 123 Å². The van der Waals surface area contributed by atoms with Gasteiger partial charge in [0.2, 0.25) is 0 Å². The summed E-state index contributed by atoms with van der Waals surface area (Å²) < 4.78 is 127. The molecule has 2 atom stereocenters. The molecule has 1 aliphatic heterocycles. The lowest BCUT2D eigenvalue weighted by atomic mass is 10.1. The first kappa shape index (κ1) is 95.6. The number of nitrogens with zero attached hydrogens (tertiary/aromatic N) is 11. The maximum absolute atomic E-state index is 12.7. The SMILES string of the molecule is COC.COc1c(C)c[n+]2c(c1C)CSn1c-2nc2ccccc21.COc1ccc2nc(-[n+]3cc(C)c(OC)c(C)c3CSO)[nH]c2c1.COc1ccc2nc(-[n+]3cc(C)c(OC)c(C)c3CSSC)[nH]c2c1.COc1ccc2nc(S(=O)Cc3ncc(C)c(OC)c3C)[nH]c2c1.CS.Cc1c(OCC(F)(F)F)ccnc1CS(=O)c1nc2ccccc2[nH]1.[H+]. The third kappa shape index (κ3) is 22.5. The zero-order valence-electron chi connectivity index (χ0n) is 73.4. The Kier molecular flexibility index (Phi) is 34.1. The lowest BCUT2D eigenvalue weighted by Gasteiger charge is -2.18. The number of aryl methyl sites for hydroxylation is 4. The topological polar surface area (TPSA) is 307 Å². The maximum atomic E-state index is 12.7. The van der Waals surface area contributed by atoms with Gasteiger partial charge in [-0.05, 0) is 154 Å². The number of rotatable bonds is 22. The van der Waals surface area contributed by atoms with E-state index in [0.29, 0.717) is 38.8 Å². The summed E-state index contributed by atoms with van der Waals surface area (Å²) in [5, 5.41) is 0.725. The first-order chi connectivity index (χ1) is 59.6. The van der Waals surface area contributed by atoms with Crippen LogP contribution < -0.4 is 51.6 Å². The number of aromatic nitrogens is 15. The number of ether oxygens (including phenoxy) is 9. The van der Waals surface area contributed by atoms with Crippen molar-refractivity contribution in [3.8, 4) is 63.8 Å². The third-order valence-electron chi connectivity index (χ3n) is 19.6. The number of halogens is 3. The number of imidazole rings is 5. The average Bonchev–Trinajstić information content (AvgIpc) is 1.61. The van der Waals surface area contributed by atoms with Gasteiger partial charge in [-0.1, -0.05) is 60.8 Å². The van der Waals surface area contributed by atoms with E-state index in [9.17, 15) is 26.1 Å². The summed E-state index contributed by atoms with van der Waals surface area (Å²) in [7, 11) is 15.6. The Balaban J connectivity index is 0.000000174. The molecule has 0 radical (unpaired) electrons. The minimum Gasteiger partial charge on any atom is -0.497 e. The van der Waals surface area contributed by atoms with Crippen molar-refractivity contribution in [2.24, 2.45) is 0 Å². The van der Waals surface area contributed by atoms with Crippen LogP contribution in [0.5, 0.6) is 46.0 Å². The van der Waals surface area contributed by atoms with E-state index in [-0.39, 0.29) is 18.7 Å². The van der Waals surface area contributed by atoms with Gasteiger partial charge in [0.05, 0.1) is 152 Å². The number of hydrogen-bond donors (Lipinski definition) is 6. The minimum atomic E-state index is -4.42. The van der Waals surface area contributed by atoms with E-state index in [2.05, 4.69) is 140 Å². The molecular weight excluding hydrogens is 1730 g/mol. The second-order valence-electron chi connectivity index (χ2n) is 27.6. The highest BCUT2D eigenvalue weighted by molar-refractivity contribution is 8.76. The van der Waals surface area contributed by atoms with Gasteiger partial charge in [0.15, 0.2) is 39.0 Å². The highest BCUT2D eigenvalue weighted by atomic mass is 33.1. The normalized spacial score (nSPS) is 11.8. The number of methoxy groups -OCH3 is 8. The van der Waals surface area contributed by atoms with E-state index in [4.69, 9.17) is 47.9 Å². The number of benzene rings is 5. The zero-order valence-corrected chi connectivity index (χ0v) is 78.2. The molecule has 0 amide bonds. The van der Waals surface area contributed by atoms with Crippen molar-refractivity contribution in [3.05, 3.63) is 219 Å². The van der Waals surface area contributed by atoms with Crippen molar-refractivity contribution < 1.29 is 83.9 Å². The van der Waals surface area contributed by atoms with Gasteiger partial charge in [-0.2, -0.15) is 29.8 Å². The number of H-pyrrole nitrogens is 4. The zero-order chi connectivity index (χ0) is 89.8. The molecular formula is C87H102F3N15O12S7+4. The largest absolute Gasteiger partial charge is 1.00 e. The summed E-state index contributed by atoms with van der Waals surface area (Å²) in [6.45, 7) is 16.4. The van der Waals surface area contributed by atoms with Crippen LogP contribution in [0.1, 0.15) is 80.0 Å². The summed E-state index contributed by atoms with van der Waals surface area (Å²) in [5.74, 6) is 10.9. The molecule has 0 bridgehead atoms. The minimum absolute atomic E-state index is 0. The van der Waals surface area contributed by atoms with Crippen molar-refractivity contribution in [2.75, 3.05) is 83.1 Å². The molecule has 37 heteroatoms. The van der Waals surface area contributed by atoms with Crippen molar-refractivity contribution in [2.45, 2.75) is 108 Å². The number of aromatic amines is 4. The summed E-state index contributed by atoms with van der Waals surface area (Å²) in [6, 6.07) is 34.0. The Morgan fingerprint density at radius 3 is 1.45 bits per heavy atom. The third-order valence-corrected chi connectivity index (χ3v) is 25.1. The molecule has 0 fully saturated rings. The fraction of sp³-hybridized carbons (Fsp3) is 0.310. The van der Waals surface area contributed by atoms with Gasteiger partial charge in [0.25, 0.3) is 0 Å². The summed E-state index contributed by atoms with van der Waals surface area (Å²) in [6.07, 6.45) is 8.60. The van der Waals surface area contributed by atoms with E-state index >= 15 is 0 Å². The van der Waals surface area contributed by atoms with Gasteiger partial charge in [-0.3, -0.25) is 18.4 Å². The average molecular weight is 1830 g/mol. The number of hydrogen-bond acceptors (Lipinski definition) is 24. The van der Waals surface area contributed by atoms with Gasteiger partial charge < -0.3 is 57.2 Å². The number of fused-ring (bicyclic) bond motifs is 9. The van der Waals surface area contributed by atoms with Crippen molar-refractivity contribution in [3.63, 3.8) is 0 Å². The number of thiol groups is 1. The monoisotopic (exact) mass is 1830 g/mol. The van der Waals surface area contributed by atoms with E-state index in [1.807, 2.05) is 117 Å². The Morgan fingerprint density at radius 1 is 0.516 bits per heavy atom. The van der Waals surface area contributed by atoms with Crippen LogP contribution in [-0.2, 0) is 55.1 Å². The molecule has 5 N–H and O–H groups in total. The lowest BCUT2D eigenvalue weighted by molar-refractivity contribution is -0.613. The van der Waals surface area contributed by atoms with Gasteiger partial charge in [-0.25, -0.2) is 33.6 Å². The van der Waals surface area contributed by atoms with Crippen LogP contribution in [0.2, 0.25) is 0 Å². The quantitative estimate of drug-likeness (QED) is 0.0159. The number of alkyl halides is 3. The first-order valence-electron chi connectivity index (χ1n) is 38.3. The fourth-order valence-electron chi connectivity index (χ4n) is 13.7. The molecule has 0 saturated carbocycles. The molecule has 15 aromatic rings. The standard InChI is InChI=1S/C18H22N3O2S2.2C17H19N3O3S.C16H14F3N3O2S.C16H16N3OS.C2H6O.CH4S/c1-11-9-21(16(10-25-24-5)12(2)17(11)23-4)18-19-14-7-6-13(22-3)8-15(14)20-18;1-10-8-20(15(9-24-21)11(2)16(10)23-4)17-18-13-6-5-12(22-3)7-14(13)19-17;1-10-8-18-15(11(2)16(10)23-4)9-24(21)17-19-13-6-5-12(22-3)7-14(13)20-17;1-10-13(20-7-6-14(10)24-9-16(17,18)19)8-25(23)15-21-11-4-2-3-5-12(11)22-15;1-10-8-18-14(11(2)15(10)20-3)9-21-19-13-7-5-4-6-12(13)17-16(18)19;1-3-2;1-2/h6-9H,10H2,1-5H3,(H,19,20);5-8H,9H2,1-4H3,(H-,18,19,21);5-8H,9H2,1-4H3,(H,19,20);2-7H,8-9H2,1H3,(H,21,22);4-8H,9H2,1-3H3;1-2H3;2H,1H3/q+1;;;;+1;;/p+2. The Labute approximate surface area is 745 Å². The van der Waals surface area contributed by atoms with Crippen LogP contribution in [-0.4, -0.2) is 161 Å². The maximum Gasteiger partial charge on any atom is 1.00 e. The molecule has 0 aliphatic carbocycles. The summed E-state index contributed by atoms with van der Waals surface area (Å²) in [4.78, 5) is 44.2. The Bertz CT molecular complexity index is 6260. The molecule has 124 heavy (non-hydrogen) atoms. The number of pyridine rings is 5. The predicted molar refractivity (Wildman–Crippen MR) is 492 cm³/mol. The van der Waals surface area contributed by atoms with Crippen LogP contribution in [0.4, 0.5) is 13.2 Å². The summed E-state index contributed by atoms with van der Waals surface area (Å²) in [5.41, 5.74) is 22.1. The molecule has 5 aromatic carbocycles. The van der Waals surface area contributed by atoms with Crippen LogP contribution in [0, 0.1) is 62.3 Å². The fourth-order valence-corrected chi connectivity index (χ4v) is 18.8. The summed E-state index contributed by atoms with van der Waals surface area (Å²) >= 11 is 6.09. The van der Waals surface area contributed by atoms with Crippen LogP contribution in [0.25, 0.3) is 73.0 Å². The highest BCUT2D eigenvalue weighted by Gasteiger charge is 2.33. The Morgan fingerprint density at radius 2 is 0.960 bits per heavy atom. The number of nitrogens with one attached hydrogen (secondary N) is 4. The van der Waals surface area contributed by atoms with Gasteiger partial charge in [-0.15, -0.1) is 0 Å². The molecule has 0 spiro atoms. The van der Waals surface area contributed by atoms with Crippen molar-refractivity contribution >= 4 is 135 Å². The van der Waals surface area contributed by atoms with Crippen LogP contribution in [0.3, 0.4) is 0 Å². The molecule has 656 valence electrons. The van der Waals surface area contributed by atoms with Crippen molar-refractivity contribution in [1.82, 2.24) is 58.8 Å². The highest BCUT2D eigenvalue weighted by Crippen LogP contribution is 2.36. The second kappa shape index (κ2) is 44.3. The molecule has 1 aliphatic rings. The van der Waals surface area contributed by atoms with Gasteiger partial charge >= 0.3 is 25.4 Å². The number of para-hydroxylation sites is 4. The molecule has 16 rings (SSSR count). The first-order valence-corrected chi connectivity index (χ1v) is 46.4. The molecule has 11 heterocycles. The molecule has 2 unspecified atom stereocenters. The smallest absolute Gasteiger partial charge is 0.497 e. The van der Waals surface area contributed by atoms with Crippen molar-refractivity contribution in [1.29, 1.82) is 0 Å². The van der Waals surface area contributed by atoms with Gasteiger partial charge in [0, 0.05) is 107 Å². The van der Waals surface area contributed by atoms with E-state index in [1.165, 1.54) is 34.7 Å². The van der Waals surface area contributed by atoms with Crippen LogP contribution in [0.15, 0.2) is 150 Å². The predicted octanol–water partition coefficient (Wildman–Crippen LogP) is 17.4. The second-order valence-corrected chi connectivity index (χ2v) is 34.4. The lowest BCUT2D eigenvalue weighted by Crippen LogP contribution is -2.42. The molecule has 10 aromatic heterocycles. The van der Waals surface area contributed by atoms with Crippen LogP contribution >= 0.6 is 58.2 Å². The van der Waals surface area contributed by atoms with E-state index in [0.717, 1.165) is 170 Å². The van der Waals surface area contributed by atoms with E-state index < -0.39 is 34.4 Å².